The first-order chi connectivity index (χ1) is 12.3. The summed E-state index contributed by atoms with van der Waals surface area (Å²) in [7, 11) is -2.20. The highest BCUT2D eigenvalue weighted by Gasteiger charge is 2.40. The number of carbonyl (C=O) groups is 1. The number of thiophene rings is 1. The van der Waals surface area contributed by atoms with E-state index in [-0.39, 0.29) is 10.1 Å². The van der Waals surface area contributed by atoms with E-state index in [9.17, 15) is 13.2 Å². The molecule has 0 saturated carbocycles. The molecule has 6 nitrogen and oxygen atoms in total. The van der Waals surface area contributed by atoms with E-state index in [2.05, 4.69) is 5.32 Å². The van der Waals surface area contributed by atoms with Crippen LogP contribution in [0.3, 0.4) is 0 Å². The van der Waals surface area contributed by atoms with Crippen molar-refractivity contribution in [2.45, 2.75) is 30.0 Å². The van der Waals surface area contributed by atoms with Gasteiger partial charge < -0.3 is 10.1 Å². The normalized spacial score (nSPS) is 18.0. The molecule has 1 aliphatic heterocycles. The van der Waals surface area contributed by atoms with Gasteiger partial charge in [0.2, 0.25) is 5.91 Å². The molecule has 0 aliphatic carbocycles. The van der Waals surface area contributed by atoms with Crippen LogP contribution in [-0.4, -0.2) is 38.3 Å². The third kappa shape index (κ3) is 3.73. The Bertz CT molecular complexity index is 927. The number of ether oxygens (including phenoxy) is 1. The van der Waals surface area contributed by atoms with E-state index in [1.54, 1.807) is 30.3 Å². The monoisotopic (exact) mass is 414 g/mol. The molecule has 0 radical (unpaired) electrons. The van der Waals surface area contributed by atoms with Crippen LogP contribution in [0.4, 0.5) is 5.69 Å². The first-order valence-corrected chi connectivity index (χ1v) is 10.7. The molecule has 26 heavy (non-hydrogen) atoms. The summed E-state index contributed by atoms with van der Waals surface area (Å²) in [5.74, 6) is 0.0731. The predicted molar refractivity (Wildman–Crippen MR) is 103 cm³/mol. The molecule has 9 heteroatoms. The number of nitrogens with one attached hydrogen (secondary N) is 1. The summed E-state index contributed by atoms with van der Waals surface area (Å²) in [6.07, 6.45) is 1.10. The molecule has 1 fully saturated rings. The van der Waals surface area contributed by atoms with Gasteiger partial charge in [-0.05, 0) is 50.1 Å². The number of anilines is 1. The lowest BCUT2D eigenvalue weighted by molar-refractivity contribution is -0.119. The Kier molecular flexibility index (Phi) is 5.57. The minimum atomic E-state index is -3.69. The highest BCUT2D eigenvalue weighted by molar-refractivity contribution is 7.91. The molecule has 1 aliphatic rings. The van der Waals surface area contributed by atoms with E-state index >= 15 is 0 Å². The van der Waals surface area contributed by atoms with Gasteiger partial charge in [-0.25, -0.2) is 8.42 Å². The number of hydrogen-bond donors (Lipinski definition) is 1. The number of nitrogens with zero attached hydrogens (tertiary/aromatic N) is 1. The van der Waals surface area contributed by atoms with Gasteiger partial charge in [-0.2, -0.15) is 4.31 Å². The van der Waals surface area contributed by atoms with E-state index in [0.717, 1.165) is 4.88 Å². The zero-order valence-corrected chi connectivity index (χ0v) is 16.7. The molecule has 1 aromatic carbocycles. The lowest BCUT2D eigenvalue weighted by atomic mass is 10.2. The summed E-state index contributed by atoms with van der Waals surface area (Å²) in [6, 6.07) is 7.47. The second-order valence-electron chi connectivity index (χ2n) is 5.97. The topological polar surface area (TPSA) is 75.7 Å². The molecule has 1 aromatic heterocycles. The van der Waals surface area contributed by atoms with Gasteiger partial charge in [-0.1, -0.05) is 11.6 Å². The van der Waals surface area contributed by atoms with Crippen molar-refractivity contribution >= 4 is 44.6 Å². The molecule has 1 N–H and O–H groups in total. The van der Waals surface area contributed by atoms with E-state index in [0.29, 0.717) is 35.8 Å². The zero-order valence-electron chi connectivity index (χ0n) is 14.4. The summed E-state index contributed by atoms with van der Waals surface area (Å²) >= 11 is 7.20. The quantitative estimate of drug-likeness (QED) is 0.812. The van der Waals surface area contributed by atoms with Crippen LogP contribution in [0.5, 0.6) is 5.75 Å². The third-order valence-corrected chi connectivity index (χ3v) is 7.82. The van der Waals surface area contributed by atoms with Crippen LogP contribution in [0, 0.1) is 6.92 Å². The second kappa shape index (κ2) is 7.56. The van der Waals surface area contributed by atoms with Gasteiger partial charge in [0.1, 0.15) is 16.0 Å². The standard InChI is InChI=1S/C17H19ClN2O4S2/c1-11-5-8-16(25-11)26(22,23)20-9-3-4-14(20)17(21)19-13-10-12(18)6-7-15(13)24-2/h5-8,10,14H,3-4,9H2,1-2H3,(H,19,21). The number of rotatable bonds is 5. The van der Waals surface area contributed by atoms with Crippen LogP contribution in [0.2, 0.25) is 5.02 Å². The SMILES string of the molecule is COc1ccc(Cl)cc1NC(=O)C1CCCN1S(=O)(=O)c1ccc(C)s1. The Morgan fingerprint density at radius 3 is 2.77 bits per heavy atom. The minimum Gasteiger partial charge on any atom is -0.495 e. The number of hydrogen-bond acceptors (Lipinski definition) is 5. The number of halogens is 1. The summed E-state index contributed by atoms with van der Waals surface area (Å²) in [6.45, 7) is 2.17. The van der Waals surface area contributed by atoms with Gasteiger partial charge in [0.05, 0.1) is 12.8 Å². The van der Waals surface area contributed by atoms with Crippen LogP contribution in [0.1, 0.15) is 17.7 Å². The number of amides is 1. The van der Waals surface area contributed by atoms with Crippen LogP contribution >= 0.6 is 22.9 Å². The predicted octanol–water partition coefficient (Wildman–Crippen LogP) is 3.51. The van der Waals surface area contributed by atoms with Crippen molar-refractivity contribution < 1.29 is 17.9 Å². The molecular formula is C17H19ClN2O4S2. The number of aryl methyl sites for hydroxylation is 1. The Morgan fingerprint density at radius 2 is 2.12 bits per heavy atom. The number of carbonyl (C=O) groups excluding carboxylic acids is 1. The average Bonchev–Trinajstić information content (AvgIpc) is 3.24. The number of sulfonamides is 1. The Balaban J connectivity index is 1.84. The molecule has 1 unspecified atom stereocenters. The molecular weight excluding hydrogens is 396 g/mol. The van der Waals surface area contributed by atoms with Gasteiger partial charge in [0, 0.05) is 16.4 Å². The van der Waals surface area contributed by atoms with E-state index in [1.165, 1.54) is 22.8 Å². The summed E-state index contributed by atoms with van der Waals surface area (Å²) in [5, 5.41) is 3.20. The summed E-state index contributed by atoms with van der Waals surface area (Å²) in [5.41, 5.74) is 0.418. The Morgan fingerprint density at radius 1 is 1.35 bits per heavy atom. The molecule has 1 atom stereocenters. The second-order valence-corrected chi connectivity index (χ2v) is 9.81. The molecule has 1 saturated heterocycles. The molecule has 2 aromatic rings. The van der Waals surface area contributed by atoms with Gasteiger partial charge in [0.15, 0.2) is 0 Å². The van der Waals surface area contributed by atoms with Crippen molar-refractivity contribution in [1.29, 1.82) is 0 Å². The lowest BCUT2D eigenvalue weighted by Crippen LogP contribution is -2.42. The van der Waals surface area contributed by atoms with Gasteiger partial charge >= 0.3 is 0 Å². The van der Waals surface area contributed by atoms with Crippen LogP contribution < -0.4 is 10.1 Å². The van der Waals surface area contributed by atoms with E-state index < -0.39 is 16.1 Å². The van der Waals surface area contributed by atoms with Crippen LogP contribution in [-0.2, 0) is 14.8 Å². The van der Waals surface area contributed by atoms with E-state index in [1.807, 2.05) is 6.92 Å². The first kappa shape index (κ1) is 19.2. The highest BCUT2D eigenvalue weighted by atomic mass is 35.5. The van der Waals surface area contributed by atoms with Crippen molar-refractivity contribution in [3.05, 3.63) is 40.2 Å². The third-order valence-electron chi connectivity index (χ3n) is 4.20. The maximum atomic E-state index is 12.9. The number of methoxy groups -OCH3 is 1. The Labute approximate surface area is 161 Å². The molecule has 0 bridgehead atoms. The minimum absolute atomic E-state index is 0.259. The van der Waals surface area contributed by atoms with Crippen molar-refractivity contribution in [2.24, 2.45) is 0 Å². The fraction of sp³-hybridized carbons (Fsp3) is 0.353. The summed E-state index contributed by atoms with van der Waals surface area (Å²) < 4.78 is 32.6. The fourth-order valence-electron chi connectivity index (χ4n) is 2.95. The summed E-state index contributed by atoms with van der Waals surface area (Å²) in [4.78, 5) is 13.7. The molecule has 1 amide bonds. The molecule has 140 valence electrons. The number of benzene rings is 1. The first-order valence-electron chi connectivity index (χ1n) is 8.05. The molecule has 3 rings (SSSR count). The van der Waals surface area contributed by atoms with Crippen molar-refractivity contribution in [3.63, 3.8) is 0 Å². The van der Waals surface area contributed by atoms with Gasteiger partial charge in [-0.15, -0.1) is 11.3 Å². The van der Waals surface area contributed by atoms with Crippen LogP contribution in [0.25, 0.3) is 0 Å². The van der Waals surface area contributed by atoms with E-state index in [4.69, 9.17) is 16.3 Å². The lowest BCUT2D eigenvalue weighted by Gasteiger charge is -2.23. The molecule has 2 heterocycles. The molecule has 0 spiro atoms. The average molecular weight is 415 g/mol. The van der Waals surface area contributed by atoms with Crippen molar-refractivity contribution in [1.82, 2.24) is 4.31 Å². The van der Waals surface area contributed by atoms with Crippen molar-refractivity contribution in [3.8, 4) is 5.75 Å². The maximum Gasteiger partial charge on any atom is 0.253 e. The van der Waals surface area contributed by atoms with Crippen LogP contribution in [0.15, 0.2) is 34.5 Å². The fourth-order valence-corrected chi connectivity index (χ4v) is 6.19. The highest BCUT2D eigenvalue weighted by Crippen LogP contribution is 2.32. The smallest absolute Gasteiger partial charge is 0.253 e. The maximum absolute atomic E-state index is 12.9. The zero-order chi connectivity index (χ0) is 18.9. The Hall–Kier alpha value is -1.61. The van der Waals surface area contributed by atoms with Gasteiger partial charge in [-0.3, -0.25) is 4.79 Å². The van der Waals surface area contributed by atoms with Gasteiger partial charge in [0.25, 0.3) is 10.0 Å². The van der Waals surface area contributed by atoms with Crippen molar-refractivity contribution in [2.75, 3.05) is 19.0 Å². The largest absolute Gasteiger partial charge is 0.495 e.